The maximum Gasteiger partial charge on any atom is 0.326 e. The molecule has 1 heterocycles. The molecular formula is C18H21FN2O6S. The van der Waals surface area contributed by atoms with Crippen molar-refractivity contribution in [3.05, 3.63) is 30.1 Å². The third-order valence-corrected chi connectivity index (χ3v) is 5.98. The van der Waals surface area contributed by atoms with E-state index in [0.717, 1.165) is 0 Å². The van der Waals surface area contributed by atoms with Crippen molar-refractivity contribution in [1.29, 1.82) is 0 Å². The topological polar surface area (TPSA) is 105 Å². The van der Waals surface area contributed by atoms with Gasteiger partial charge in [0.15, 0.2) is 5.82 Å². The number of nitrogens with one attached hydrogen (secondary N) is 1. The number of fused-ring (bicyclic) bond motifs is 1. The maximum absolute atomic E-state index is 15.1. The second-order valence-corrected chi connectivity index (χ2v) is 8.64. The summed E-state index contributed by atoms with van der Waals surface area (Å²) in [4.78, 5) is 11.4. The Bertz CT molecular complexity index is 1040. The van der Waals surface area contributed by atoms with Crippen molar-refractivity contribution in [2.24, 2.45) is 0 Å². The summed E-state index contributed by atoms with van der Waals surface area (Å²) in [6, 6.07) is 5.84. The first kappa shape index (κ1) is 20.2. The maximum atomic E-state index is 15.1. The lowest BCUT2D eigenvalue weighted by Crippen LogP contribution is -2.30. The molecule has 0 bridgehead atoms. The number of hydrogen-bond donors (Lipinski definition) is 2. The first-order valence-electron chi connectivity index (χ1n) is 8.50. The normalized spacial score (nSPS) is 16.4. The van der Waals surface area contributed by atoms with Crippen molar-refractivity contribution in [3.8, 4) is 11.5 Å². The number of phenols is 1. The Morgan fingerprint density at radius 2 is 2.04 bits per heavy atom. The van der Waals surface area contributed by atoms with Gasteiger partial charge >= 0.3 is 10.2 Å². The van der Waals surface area contributed by atoms with Crippen molar-refractivity contribution in [2.75, 3.05) is 24.6 Å². The van der Waals surface area contributed by atoms with Crippen LogP contribution < -0.4 is 13.8 Å². The molecule has 8 nitrogen and oxygen atoms in total. The molecule has 1 saturated heterocycles. The largest absolute Gasteiger partial charge is 0.506 e. The van der Waals surface area contributed by atoms with E-state index < -0.39 is 39.9 Å². The number of anilines is 1. The molecule has 2 N–H and O–H groups in total. The number of hydrogen-bond acceptors (Lipinski definition) is 6. The van der Waals surface area contributed by atoms with Gasteiger partial charge in [-0.3, -0.25) is 4.79 Å². The smallest absolute Gasteiger partial charge is 0.326 e. The van der Waals surface area contributed by atoms with Crippen molar-refractivity contribution >= 4 is 32.6 Å². The Morgan fingerprint density at radius 3 is 2.64 bits per heavy atom. The number of nitrogens with zero attached hydrogens (tertiary/aromatic N) is 1. The molecule has 1 aliphatic heterocycles. The van der Waals surface area contributed by atoms with Gasteiger partial charge < -0.3 is 14.6 Å². The molecule has 152 valence electrons. The summed E-state index contributed by atoms with van der Waals surface area (Å²) in [6.07, 6.45) is 0.602. The van der Waals surface area contributed by atoms with E-state index in [1.165, 1.54) is 12.1 Å². The first-order valence-corrected chi connectivity index (χ1v) is 9.94. The van der Waals surface area contributed by atoms with Gasteiger partial charge in [0, 0.05) is 18.9 Å². The number of rotatable bonds is 6. The first-order chi connectivity index (χ1) is 13.0. The number of carbonyl (C=O) groups is 1. The highest BCUT2D eigenvalue weighted by Crippen LogP contribution is 2.39. The van der Waals surface area contributed by atoms with Crippen LogP contribution in [0.15, 0.2) is 24.3 Å². The predicted octanol–water partition coefficient (Wildman–Crippen LogP) is 2.06. The fourth-order valence-corrected chi connectivity index (χ4v) is 3.96. The van der Waals surface area contributed by atoms with E-state index in [1.807, 2.05) is 13.8 Å². The molecule has 0 spiro atoms. The molecule has 0 aliphatic carbocycles. The second kappa shape index (κ2) is 7.10. The third kappa shape index (κ3) is 3.83. The fourth-order valence-electron chi connectivity index (χ4n) is 2.80. The number of ether oxygens (including phenoxy) is 2. The van der Waals surface area contributed by atoms with Gasteiger partial charge in [0.1, 0.15) is 23.7 Å². The van der Waals surface area contributed by atoms with Gasteiger partial charge in [0.05, 0.1) is 12.2 Å². The lowest BCUT2D eigenvalue weighted by atomic mass is 10.1. The number of methoxy groups -OCH3 is 1. The number of halogens is 1. The Hall–Kier alpha value is -2.59. The van der Waals surface area contributed by atoms with E-state index in [1.54, 1.807) is 24.0 Å². The van der Waals surface area contributed by atoms with Crippen molar-refractivity contribution in [3.63, 3.8) is 0 Å². The van der Waals surface area contributed by atoms with Gasteiger partial charge in [-0.15, -0.1) is 0 Å². The summed E-state index contributed by atoms with van der Waals surface area (Å²) in [5.41, 5.74) is -0.950. The summed E-state index contributed by atoms with van der Waals surface area (Å²) in [7, 11) is -2.66. The number of phenolic OH excluding ortho intramolecular Hbond substituents is 1. The minimum absolute atomic E-state index is 0.0610. The Labute approximate surface area is 162 Å². The Morgan fingerprint density at radius 1 is 1.32 bits per heavy atom. The van der Waals surface area contributed by atoms with Crippen LogP contribution in [0.5, 0.6) is 11.5 Å². The molecule has 10 heteroatoms. The van der Waals surface area contributed by atoms with Crippen molar-refractivity contribution in [2.45, 2.75) is 25.9 Å². The lowest BCUT2D eigenvalue weighted by Gasteiger charge is -2.22. The number of amides is 1. The molecule has 0 atom stereocenters. The number of aromatic hydroxyl groups is 1. The molecule has 0 saturated carbocycles. The zero-order chi connectivity index (χ0) is 20.7. The van der Waals surface area contributed by atoms with Gasteiger partial charge in [-0.2, -0.15) is 8.42 Å². The van der Waals surface area contributed by atoms with Crippen LogP contribution in [0, 0.1) is 5.82 Å². The summed E-state index contributed by atoms with van der Waals surface area (Å²) >= 11 is 0. The minimum atomic E-state index is -4.26. The van der Waals surface area contributed by atoms with Crippen LogP contribution in [0.25, 0.3) is 10.8 Å². The molecule has 28 heavy (non-hydrogen) atoms. The predicted molar refractivity (Wildman–Crippen MR) is 101 cm³/mol. The molecule has 1 aliphatic rings. The van der Waals surface area contributed by atoms with Crippen molar-refractivity contribution < 1.29 is 32.2 Å². The monoisotopic (exact) mass is 412 g/mol. The highest BCUT2D eigenvalue weighted by molar-refractivity contribution is 7.92. The summed E-state index contributed by atoms with van der Waals surface area (Å²) in [5, 5.41) is 10.6. The summed E-state index contributed by atoms with van der Waals surface area (Å²) in [6.45, 7) is 3.55. The van der Waals surface area contributed by atoms with Gasteiger partial charge in [-0.1, -0.05) is 6.07 Å². The van der Waals surface area contributed by atoms with E-state index in [9.17, 15) is 18.3 Å². The van der Waals surface area contributed by atoms with E-state index in [0.29, 0.717) is 28.5 Å². The highest BCUT2D eigenvalue weighted by atomic mass is 32.2. The van der Waals surface area contributed by atoms with Crippen LogP contribution >= 0.6 is 0 Å². The molecule has 1 fully saturated rings. The molecule has 0 radical (unpaired) electrons. The lowest BCUT2D eigenvalue weighted by molar-refractivity contribution is -0.117. The van der Waals surface area contributed by atoms with Crippen LogP contribution in [-0.2, 0) is 19.7 Å². The standard InChI is InChI=1S/C18H21FN2O6S/c1-18(2,26-3)6-7-27-12-5-4-11-8-14(22)17(16(19)13(11)9-12)21-10-15(23)20-28(21,24)25/h4-5,8-9,22H,6-7,10H2,1-3H3,(H,20,23). The highest BCUT2D eigenvalue weighted by Gasteiger charge is 2.37. The second-order valence-electron chi connectivity index (χ2n) is 7.04. The van der Waals surface area contributed by atoms with Crippen LogP contribution in [-0.4, -0.2) is 45.3 Å². The Kier molecular flexibility index (Phi) is 5.11. The average molecular weight is 412 g/mol. The fraction of sp³-hybridized carbons (Fsp3) is 0.389. The van der Waals surface area contributed by atoms with Gasteiger partial charge in [0.25, 0.3) is 5.91 Å². The van der Waals surface area contributed by atoms with Crippen LogP contribution in [0.3, 0.4) is 0 Å². The SMILES string of the molecule is COC(C)(C)CCOc1ccc2cc(O)c(N3CC(=O)NS3(=O)=O)c(F)c2c1. The summed E-state index contributed by atoms with van der Waals surface area (Å²) in [5.74, 6) is -1.97. The van der Waals surface area contributed by atoms with Crippen LogP contribution in [0.2, 0.25) is 0 Å². The van der Waals surface area contributed by atoms with E-state index in [4.69, 9.17) is 9.47 Å². The Balaban J connectivity index is 1.96. The number of carbonyl (C=O) groups excluding carboxylic acids is 1. The number of benzene rings is 2. The molecule has 2 aromatic carbocycles. The quantitative estimate of drug-likeness (QED) is 0.753. The molecule has 2 aromatic rings. The van der Waals surface area contributed by atoms with Gasteiger partial charge in [0.2, 0.25) is 0 Å². The van der Waals surface area contributed by atoms with Gasteiger partial charge in [-0.25, -0.2) is 13.4 Å². The van der Waals surface area contributed by atoms with Crippen LogP contribution in [0.1, 0.15) is 20.3 Å². The average Bonchev–Trinajstić information content (AvgIpc) is 2.87. The third-order valence-electron chi connectivity index (χ3n) is 4.60. The van der Waals surface area contributed by atoms with E-state index >= 15 is 4.39 Å². The van der Waals surface area contributed by atoms with Crippen LogP contribution in [0.4, 0.5) is 10.1 Å². The van der Waals surface area contributed by atoms with Crippen molar-refractivity contribution in [1.82, 2.24) is 4.72 Å². The van der Waals surface area contributed by atoms with E-state index in [-0.39, 0.29) is 11.0 Å². The van der Waals surface area contributed by atoms with Gasteiger partial charge in [-0.05, 0) is 37.4 Å². The van der Waals surface area contributed by atoms with E-state index in [2.05, 4.69) is 0 Å². The molecule has 3 rings (SSSR count). The molecule has 0 unspecified atom stereocenters. The summed E-state index contributed by atoms with van der Waals surface area (Å²) < 4.78 is 52.4. The minimum Gasteiger partial charge on any atom is -0.506 e. The molecular weight excluding hydrogens is 391 g/mol. The zero-order valence-electron chi connectivity index (χ0n) is 15.7. The molecule has 0 aromatic heterocycles. The zero-order valence-corrected chi connectivity index (χ0v) is 16.5. The molecule has 1 amide bonds.